The molecule has 0 radical (unpaired) electrons. The molecule has 1 aromatic carbocycles. The molecule has 0 bridgehead atoms. The van der Waals surface area contributed by atoms with Crippen LogP contribution in [0.4, 0.5) is 0 Å². The first-order valence-electron chi connectivity index (χ1n) is 8.22. The maximum Gasteiger partial charge on any atom is 0.303 e. The molecule has 0 aromatic heterocycles. The van der Waals surface area contributed by atoms with Crippen molar-refractivity contribution in [1.29, 1.82) is 0 Å². The first-order chi connectivity index (χ1) is 10.7. The molecule has 3 nitrogen and oxygen atoms in total. The van der Waals surface area contributed by atoms with E-state index in [1.54, 1.807) is 0 Å². The zero-order valence-electron chi connectivity index (χ0n) is 13.5. The number of carbonyl (C=O) groups is 1. The van der Waals surface area contributed by atoms with Crippen molar-refractivity contribution in [2.75, 3.05) is 6.54 Å². The van der Waals surface area contributed by atoms with E-state index >= 15 is 0 Å². The van der Waals surface area contributed by atoms with Crippen LogP contribution in [0.2, 0.25) is 0 Å². The second-order valence-electron chi connectivity index (χ2n) is 5.38. The average molecular weight is 328 g/mol. The van der Waals surface area contributed by atoms with Gasteiger partial charge in [-0.15, -0.1) is 11.6 Å². The van der Waals surface area contributed by atoms with Gasteiger partial charge in [-0.25, -0.2) is 0 Å². The molecule has 22 heavy (non-hydrogen) atoms. The zero-order valence-corrected chi connectivity index (χ0v) is 14.2. The van der Waals surface area contributed by atoms with Gasteiger partial charge in [-0.2, -0.15) is 0 Å². The average Bonchev–Trinajstić information content (AvgIpc) is 2.54. The number of unbranched alkanes of at least 4 members (excludes halogenated alkanes) is 7. The van der Waals surface area contributed by atoms with Gasteiger partial charge in [0, 0.05) is 12.3 Å². The van der Waals surface area contributed by atoms with Crippen LogP contribution in [-0.2, 0) is 10.7 Å². The molecule has 0 fully saturated rings. The minimum atomic E-state index is -0.673. The summed E-state index contributed by atoms with van der Waals surface area (Å²) in [7, 11) is 0. The monoisotopic (exact) mass is 327 g/mol. The number of hydrogen-bond acceptors (Lipinski definition) is 2. The summed E-state index contributed by atoms with van der Waals surface area (Å²) in [5, 5.41) is 8.40. The van der Waals surface area contributed by atoms with Crippen LogP contribution in [0, 0.1) is 0 Å². The summed E-state index contributed by atoms with van der Waals surface area (Å²) >= 11 is 5.53. The molecule has 0 saturated heterocycles. The third-order valence-electron chi connectivity index (χ3n) is 3.34. The van der Waals surface area contributed by atoms with Gasteiger partial charge in [0.2, 0.25) is 0 Å². The lowest BCUT2D eigenvalue weighted by atomic mass is 10.1. The first kappa shape index (κ1) is 20.9. The Morgan fingerprint density at radius 3 is 1.82 bits per heavy atom. The molecule has 0 amide bonds. The van der Waals surface area contributed by atoms with E-state index in [2.05, 4.69) is 0 Å². The Morgan fingerprint density at radius 2 is 1.41 bits per heavy atom. The standard InChI is InChI=1S/C11H23NO2.C7H7Cl/c12-10-8-6-4-2-1-3-5-7-9-11(13)14;8-6-7-4-2-1-3-5-7/h1-10,12H2,(H,13,14);1-5H,6H2. The van der Waals surface area contributed by atoms with Crippen molar-refractivity contribution >= 4 is 17.6 Å². The van der Waals surface area contributed by atoms with Crippen molar-refractivity contribution < 1.29 is 9.90 Å². The smallest absolute Gasteiger partial charge is 0.303 e. The van der Waals surface area contributed by atoms with Gasteiger partial charge < -0.3 is 10.8 Å². The lowest BCUT2D eigenvalue weighted by molar-refractivity contribution is -0.137. The number of alkyl halides is 1. The maximum atomic E-state index is 10.2. The van der Waals surface area contributed by atoms with Crippen molar-refractivity contribution in [2.24, 2.45) is 5.73 Å². The van der Waals surface area contributed by atoms with Crippen LogP contribution in [0.15, 0.2) is 30.3 Å². The molecule has 0 atom stereocenters. The molecule has 0 aliphatic carbocycles. The van der Waals surface area contributed by atoms with E-state index in [4.69, 9.17) is 22.4 Å². The van der Waals surface area contributed by atoms with Crippen molar-refractivity contribution in [2.45, 2.75) is 63.7 Å². The van der Waals surface area contributed by atoms with Crippen molar-refractivity contribution in [3.8, 4) is 0 Å². The number of carboxylic acids is 1. The fraction of sp³-hybridized carbons (Fsp3) is 0.611. The highest BCUT2D eigenvalue weighted by Gasteiger charge is 1.96. The maximum absolute atomic E-state index is 10.2. The Bertz CT molecular complexity index is 357. The fourth-order valence-electron chi connectivity index (χ4n) is 2.05. The summed E-state index contributed by atoms with van der Waals surface area (Å²) in [5.74, 6) is -0.0613. The first-order valence-corrected chi connectivity index (χ1v) is 8.76. The molecule has 0 heterocycles. The summed E-state index contributed by atoms with van der Waals surface area (Å²) in [4.78, 5) is 10.2. The quantitative estimate of drug-likeness (QED) is 0.445. The van der Waals surface area contributed by atoms with Crippen molar-refractivity contribution in [1.82, 2.24) is 0 Å². The van der Waals surface area contributed by atoms with Gasteiger partial charge in [-0.05, 0) is 24.9 Å². The third-order valence-corrected chi connectivity index (χ3v) is 3.65. The Labute approximate surface area is 139 Å². The number of rotatable bonds is 11. The van der Waals surface area contributed by atoms with Gasteiger partial charge in [0.05, 0.1) is 0 Å². The summed E-state index contributed by atoms with van der Waals surface area (Å²) in [6, 6.07) is 9.96. The molecule has 4 heteroatoms. The van der Waals surface area contributed by atoms with E-state index in [1.165, 1.54) is 37.7 Å². The molecule has 1 aromatic rings. The van der Waals surface area contributed by atoms with Gasteiger partial charge in [0.15, 0.2) is 0 Å². The largest absolute Gasteiger partial charge is 0.481 e. The van der Waals surface area contributed by atoms with Gasteiger partial charge in [0.1, 0.15) is 0 Å². The molecular formula is C18H30ClNO2. The second kappa shape index (κ2) is 16.3. The highest BCUT2D eigenvalue weighted by atomic mass is 35.5. The number of nitrogens with two attached hydrogens (primary N) is 1. The number of halogens is 1. The van der Waals surface area contributed by atoms with E-state index in [9.17, 15) is 4.79 Å². The second-order valence-corrected chi connectivity index (χ2v) is 5.65. The molecular weight excluding hydrogens is 298 g/mol. The van der Waals surface area contributed by atoms with Gasteiger partial charge >= 0.3 is 5.97 Å². The number of aliphatic carboxylic acids is 1. The molecule has 0 spiro atoms. The summed E-state index contributed by atoms with van der Waals surface area (Å²) in [6.07, 6.45) is 9.56. The lowest BCUT2D eigenvalue weighted by Crippen LogP contribution is -1.97. The lowest BCUT2D eigenvalue weighted by Gasteiger charge is -2.00. The number of benzene rings is 1. The van der Waals surface area contributed by atoms with Gasteiger partial charge in [-0.3, -0.25) is 4.79 Å². The Kier molecular flexibility index (Phi) is 15.5. The van der Waals surface area contributed by atoms with E-state index < -0.39 is 5.97 Å². The van der Waals surface area contributed by atoms with Crippen LogP contribution in [0.5, 0.6) is 0 Å². The predicted octanol–water partition coefficient (Wildman–Crippen LogP) is 4.97. The number of hydrogen-bond donors (Lipinski definition) is 2. The van der Waals surface area contributed by atoms with Crippen LogP contribution < -0.4 is 5.73 Å². The zero-order chi connectivity index (χ0) is 16.5. The summed E-state index contributed by atoms with van der Waals surface area (Å²) < 4.78 is 0. The molecule has 0 unspecified atom stereocenters. The fourth-order valence-corrected chi connectivity index (χ4v) is 2.23. The third kappa shape index (κ3) is 15.3. The predicted molar refractivity (Wildman–Crippen MR) is 94.2 cm³/mol. The van der Waals surface area contributed by atoms with E-state index in [0.717, 1.165) is 25.8 Å². The van der Waals surface area contributed by atoms with Crippen molar-refractivity contribution in [3.63, 3.8) is 0 Å². The Balaban J connectivity index is 0.000000461. The van der Waals surface area contributed by atoms with E-state index in [-0.39, 0.29) is 0 Å². The summed E-state index contributed by atoms with van der Waals surface area (Å²) in [5.41, 5.74) is 6.56. The van der Waals surface area contributed by atoms with Crippen LogP contribution in [0.25, 0.3) is 0 Å². The SMILES string of the molecule is ClCc1ccccc1.NCCCCCCCCCCC(=O)O. The number of carboxylic acid groups (broad SMARTS) is 1. The van der Waals surface area contributed by atoms with Crippen molar-refractivity contribution in [3.05, 3.63) is 35.9 Å². The van der Waals surface area contributed by atoms with E-state index in [1.807, 2.05) is 30.3 Å². The van der Waals surface area contributed by atoms with Crippen LogP contribution in [0.1, 0.15) is 63.4 Å². The molecule has 0 aliphatic rings. The molecule has 0 aliphatic heterocycles. The van der Waals surface area contributed by atoms with E-state index in [0.29, 0.717) is 12.3 Å². The minimum Gasteiger partial charge on any atom is -0.481 e. The van der Waals surface area contributed by atoms with Gasteiger partial charge in [0.25, 0.3) is 0 Å². The highest BCUT2D eigenvalue weighted by molar-refractivity contribution is 6.17. The Morgan fingerprint density at radius 1 is 0.909 bits per heavy atom. The van der Waals surface area contributed by atoms with Crippen LogP contribution in [-0.4, -0.2) is 17.6 Å². The molecule has 3 N–H and O–H groups in total. The minimum absolute atomic E-state index is 0.327. The molecule has 1 rings (SSSR count). The van der Waals surface area contributed by atoms with Crippen LogP contribution in [0.3, 0.4) is 0 Å². The van der Waals surface area contributed by atoms with Gasteiger partial charge in [-0.1, -0.05) is 68.9 Å². The molecule has 126 valence electrons. The Hall–Kier alpha value is -1.06. The summed E-state index contributed by atoms with van der Waals surface area (Å²) in [6.45, 7) is 0.804. The molecule has 0 saturated carbocycles. The highest BCUT2D eigenvalue weighted by Crippen LogP contribution is 2.09. The normalized spacial score (nSPS) is 9.91. The van der Waals surface area contributed by atoms with Crippen LogP contribution >= 0.6 is 11.6 Å². The topological polar surface area (TPSA) is 63.3 Å².